The summed E-state index contributed by atoms with van der Waals surface area (Å²) in [6.07, 6.45) is 0. The third-order valence-corrected chi connectivity index (χ3v) is 3.41. The number of rotatable bonds is 5. The van der Waals surface area contributed by atoms with Gasteiger partial charge in [-0.05, 0) is 39.0 Å². The quantitative estimate of drug-likeness (QED) is 0.667. The molecule has 1 heterocycles. The van der Waals surface area contributed by atoms with Crippen molar-refractivity contribution in [2.24, 2.45) is 0 Å². The van der Waals surface area contributed by atoms with Crippen LogP contribution < -0.4 is 21.8 Å². The highest BCUT2D eigenvalue weighted by Gasteiger charge is 2.12. The average molecular weight is 332 g/mol. The van der Waals surface area contributed by atoms with Crippen molar-refractivity contribution in [2.75, 3.05) is 6.54 Å². The van der Waals surface area contributed by atoms with Gasteiger partial charge in [-0.3, -0.25) is 19.2 Å². The molecule has 0 spiro atoms. The molecule has 0 saturated carbocycles. The number of hydrogen-bond donors (Lipinski definition) is 3. The standard InChI is InChI=1S/C16H20N4O4/c1-4-20-12-6-5-10(7-11(12)19-15(23)16(20)24)14(22)17-8-13(21)18-9(2)3/h5-7,9H,4,8H2,1-3H3,(H,17,22)(H,18,21)(H,19,23). The van der Waals surface area contributed by atoms with E-state index in [0.29, 0.717) is 17.6 Å². The maximum Gasteiger partial charge on any atom is 0.316 e. The van der Waals surface area contributed by atoms with Crippen LogP contribution in [-0.4, -0.2) is 34.0 Å². The van der Waals surface area contributed by atoms with E-state index in [1.807, 2.05) is 13.8 Å². The zero-order chi connectivity index (χ0) is 17.9. The second-order valence-electron chi connectivity index (χ2n) is 5.64. The summed E-state index contributed by atoms with van der Waals surface area (Å²) in [5.74, 6) is -0.724. The number of nitrogens with one attached hydrogen (secondary N) is 3. The van der Waals surface area contributed by atoms with Gasteiger partial charge in [0.05, 0.1) is 17.6 Å². The van der Waals surface area contributed by atoms with E-state index in [4.69, 9.17) is 0 Å². The number of nitrogens with zero attached hydrogens (tertiary/aromatic N) is 1. The summed E-state index contributed by atoms with van der Waals surface area (Å²) in [7, 11) is 0. The fraction of sp³-hybridized carbons (Fsp3) is 0.375. The van der Waals surface area contributed by atoms with E-state index in [1.165, 1.54) is 10.6 Å². The van der Waals surface area contributed by atoms with Gasteiger partial charge in [-0.2, -0.15) is 0 Å². The molecule has 128 valence electrons. The van der Waals surface area contributed by atoms with Crippen LogP contribution in [0.3, 0.4) is 0 Å². The predicted octanol–water partition coefficient (Wildman–Crippen LogP) is -0.0359. The van der Waals surface area contributed by atoms with Crippen molar-refractivity contribution < 1.29 is 9.59 Å². The summed E-state index contributed by atoms with van der Waals surface area (Å²) in [6, 6.07) is 4.62. The normalized spacial score (nSPS) is 10.8. The van der Waals surface area contributed by atoms with Gasteiger partial charge < -0.3 is 20.2 Å². The molecule has 0 saturated heterocycles. The van der Waals surface area contributed by atoms with Crippen LogP contribution >= 0.6 is 0 Å². The lowest BCUT2D eigenvalue weighted by molar-refractivity contribution is -0.120. The minimum atomic E-state index is -0.738. The van der Waals surface area contributed by atoms with Crippen LogP contribution in [0.5, 0.6) is 0 Å². The average Bonchev–Trinajstić information content (AvgIpc) is 2.52. The number of amides is 2. The monoisotopic (exact) mass is 332 g/mol. The van der Waals surface area contributed by atoms with Crippen LogP contribution in [0, 0.1) is 0 Å². The molecule has 1 aromatic carbocycles. The van der Waals surface area contributed by atoms with Gasteiger partial charge in [0, 0.05) is 18.2 Å². The van der Waals surface area contributed by atoms with Gasteiger partial charge in [0.25, 0.3) is 5.91 Å². The Labute approximate surface area is 137 Å². The number of benzene rings is 1. The first-order valence-electron chi connectivity index (χ1n) is 7.68. The zero-order valence-corrected chi connectivity index (χ0v) is 13.8. The van der Waals surface area contributed by atoms with Crippen LogP contribution in [0.15, 0.2) is 27.8 Å². The number of aromatic amines is 1. The maximum atomic E-state index is 12.1. The smallest absolute Gasteiger partial charge is 0.316 e. The Hall–Kier alpha value is -2.90. The molecule has 0 fully saturated rings. The molecule has 24 heavy (non-hydrogen) atoms. The molecule has 3 N–H and O–H groups in total. The Kier molecular flexibility index (Phi) is 5.18. The molecule has 0 bridgehead atoms. The highest BCUT2D eigenvalue weighted by molar-refractivity contribution is 5.98. The van der Waals surface area contributed by atoms with Crippen LogP contribution in [0.4, 0.5) is 0 Å². The van der Waals surface area contributed by atoms with E-state index < -0.39 is 17.0 Å². The molecule has 0 unspecified atom stereocenters. The van der Waals surface area contributed by atoms with Crippen molar-refractivity contribution in [1.82, 2.24) is 20.2 Å². The maximum absolute atomic E-state index is 12.1. The van der Waals surface area contributed by atoms with Crippen molar-refractivity contribution >= 4 is 22.8 Å². The van der Waals surface area contributed by atoms with Gasteiger partial charge in [-0.15, -0.1) is 0 Å². The first-order valence-corrected chi connectivity index (χ1v) is 7.68. The third kappa shape index (κ3) is 3.70. The molecule has 0 aliphatic carbocycles. The number of fused-ring (bicyclic) bond motifs is 1. The molecular weight excluding hydrogens is 312 g/mol. The van der Waals surface area contributed by atoms with Gasteiger partial charge in [0.1, 0.15) is 0 Å². The fourth-order valence-electron chi connectivity index (χ4n) is 2.37. The van der Waals surface area contributed by atoms with Crippen molar-refractivity contribution in [3.05, 3.63) is 44.5 Å². The fourth-order valence-corrected chi connectivity index (χ4v) is 2.37. The van der Waals surface area contributed by atoms with Gasteiger partial charge in [0.2, 0.25) is 5.91 Å². The van der Waals surface area contributed by atoms with Crippen LogP contribution in [-0.2, 0) is 11.3 Å². The Morgan fingerprint density at radius 1 is 1.25 bits per heavy atom. The molecular formula is C16H20N4O4. The van der Waals surface area contributed by atoms with E-state index in [2.05, 4.69) is 15.6 Å². The van der Waals surface area contributed by atoms with E-state index >= 15 is 0 Å². The number of carbonyl (C=O) groups excluding carboxylic acids is 2. The summed E-state index contributed by atoms with van der Waals surface area (Å²) in [6.45, 7) is 5.62. The second-order valence-corrected chi connectivity index (χ2v) is 5.64. The van der Waals surface area contributed by atoms with E-state index in [0.717, 1.165) is 0 Å². The molecule has 0 aliphatic heterocycles. The predicted molar refractivity (Wildman–Crippen MR) is 90.1 cm³/mol. The van der Waals surface area contributed by atoms with Crippen LogP contribution in [0.2, 0.25) is 0 Å². The van der Waals surface area contributed by atoms with E-state index in [1.54, 1.807) is 19.1 Å². The molecule has 2 aromatic rings. The summed E-state index contributed by atoms with van der Waals surface area (Å²) in [4.78, 5) is 49.6. The first-order chi connectivity index (χ1) is 11.3. The highest BCUT2D eigenvalue weighted by Crippen LogP contribution is 2.11. The van der Waals surface area contributed by atoms with Gasteiger partial charge in [0.15, 0.2) is 0 Å². The van der Waals surface area contributed by atoms with Crippen molar-refractivity contribution in [2.45, 2.75) is 33.4 Å². The number of H-pyrrole nitrogens is 1. The van der Waals surface area contributed by atoms with Crippen molar-refractivity contribution in [1.29, 1.82) is 0 Å². The van der Waals surface area contributed by atoms with Gasteiger partial charge in [-0.25, -0.2) is 0 Å². The lowest BCUT2D eigenvalue weighted by Crippen LogP contribution is -2.39. The number of carbonyl (C=O) groups is 2. The molecule has 8 heteroatoms. The zero-order valence-electron chi connectivity index (χ0n) is 13.8. The second kappa shape index (κ2) is 7.12. The molecule has 0 radical (unpaired) electrons. The van der Waals surface area contributed by atoms with E-state index in [-0.39, 0.29) is 24.1 Å². The molecule has 0 atom stereocenters. The highest BCUT2D eigenvalue weighted by atomic mass is 16.2. The Morgan fingerprint density at radius 2 is 1.96 bits per heavy atom. The largest absolute Gasteiger partial charge is 0.352 e. The first kappa shape index (κ1) is 17.5. The molecule has 8 nitrogen and oxygen atoms in total. The summed E-state index contributed by atoms with van der Waals surface area (Å²) in [5, 5.41) is 5.18. The van der Waals surface area contributed by atoms with E-state index in [9.17, 15) is 19.2 Å². The lowest BCUT2D eigenvalue weighted by atomic mass is 10.1. The van der Waals surface area contributed by atoms with Crippen molar-refractivity contribution in [3.63, 3.8) is 0 Å². The third-order valence-electron chi connectivity index (χ3n) is 3.41. The summed E-state index contributed by atoms with van der Waals surface area (Å²) >= 11 is 0. The molecule has 0 aliphatic rings. The summed E-state index contributed by atoms with van der Waals surface area (Å²) < 4.78 is 1.34. The minimum absolute atomic E-state index is 0.00840. The van der Waals surface area contributed by atoms with Gasteiger partial charge >= 0.3 is 11.1 Å². The Morgan fingerprint density at radius 3 is 2.58 bits per heavy atom. The Bertz CT molecular complexity index is 895. The lowest BCUT2D eigenvalue weighted by Gasteiger charge is -2.10. The molecule has 1 aromatic heterocycles. The van der Waals surface area contributed by atoms with Crippen LogP contribution in [0.1, 0.15) is 31.1 Å². The molecule has 2 rings (SSSR count). The topological polar surface area (TPSA) is 113 Å². The minimum Gasteiger partial charge on any atom is -0.352 e. The number of aromatic nitrogens is 2. The summed E-state index contributed by atoms with van der Waals surface area (Å²) in [5.41, 5.74) is -0.153. The molecule has 2 amide bonds. The number of hydrogen-bond acceptors (Lipinski definition) is 4. The van der Waals surface area contributed by atoms with Gasteiger partial charge in [-0.1, -0.05) is 0 Å². The number of aryl methyl sites for hydroxylation is 1. The SMILES string of the molecule is CCn1c(=O)c(=O)[nH]c2cc(C(=O)NCC(=O)NC(C)C)ccc21. The van der Waals surface area contributed by atoms with Crippen molar-refractivity contribution in [3.8, 4) is 0 Å². The Balaban J connectivity index is 2.26. The van der Waals surface area contributed by atoms with Crippen LogP contribution in [0.25, 0.3) is 11.0 Å².